The van der Waals surface area contributed by atoms with Crippen LogP contribution < -0.4 is 5.73 Å². The number of unbranched alkanes of at least 4 members (excludes halogenated alkanes) is 30. The molecule has 3 unspecified atom stereocenters. The first-order chi connectivity index (χ1) is 27.1. The minimum Gasteiger partial charge on any atom is -0.480 e. The van der Waals surface area contributed by atoms with Crippen molar-refractivity contribution in [2.45, 2.75) is 244 Å². The number of carbonyl (C=O) groups excluding carboxylic acids is 2. The van der Waals surface area contributed by atoms with Gasteiger partial charge in [-0.05, 0) is 12.8 Å². The molecule has 0 bridgehead atoms. The van der Waals surface area contributed by atoms with Gasteiger partial charge in [0.25, 0.3) is 0 Å². The lowest BCUT2D eigenvalue weighted by Crippen LogP contribution is -2.34. The average molecular weight is 820 g/mol. The Bertz CT molecular complexity index is 968. The van der Waals surface area contributed by atoms with Gasteiger partial charge in [-0.15, -0.1) is 0 Å². The Morgan fingerprint density at radius 3 is 1.12 bits per heavy atom. The fourth-order valence-electron chi connectivity index (χ4n) is 6.71. The molecule has 0 aromatic rings. The van der Waals surface area contributed by atoms with E-state index >= 15 is 0 Å². The van der Waals surface area contributed by atoms with Gasteiger partial charge < -0.3 is 25.2 Å². The van der Waals surface area contributed by atoms with Crippen molar-refractivity contribution in [1.82, 2.24) is 0 Å². The highest BCUT2D eigenvalue weighted by molar-refractivity contribution is 7.47. The first-order valence-electron chi connectivity index (χ1n) is 23.1. The van der Waals surface area contributed by atoms with E-state index in [-0.39, 0.29) is 19.4 Å². The van der Waals surface area contributed by atoms with Crippen LogP contribution in [0.3, 0.4) is 0 Å². The molecule has 0 fully saturated rings. The molecule has 0 rings (SSSR count). The quantitative estimate of drug-likeness (QED) is 0.0303. The van der Waals surface area contributed by atoms with Gasteiger partial charge in [-0.25, -0.2) is 4.57 Å². The lowest BCUT2D eigenvalue weighted by molar-refractivity contribution is -0.161. The molecule has 12 heteroatoms. The number of nitrogens with two attached hydrogens (primary N) is 1. The second-order valence-electron chi connectivity index (χ2n) is 15.9. The molecule has 0 aliphatic carbocycles. The van der Waals surface area contributed by atoms with Crippen molar-refractivity contribution in [2.75, 3.05) is 19.8 Å². The molecule has 0 saturated carbocycles. The fourth-order valence-corrected chi connectivity index (χ4v) is 7.49. The van der Waals surface area contributed by atoms with Crippen molar-refractivity contribution in [3.8, 4) is 0 Å². The van der Waals surface area contributed by atoms with E-state index in [2.05, 4.69) is 18.4 Å². The monoisotopic (exact) mass is 820 g/mol. The maximum Gasteiger partial charge on any atom is 0.472 e. The molecule has 56 heavy (non-hydrogen) atoms. The Morgan fingerprint density at radius 1 is 0.482 bits per heavy atom. The van der Waals surface area contributed by atoms with Crippen LogP contribution in [0, 0.1) is 0 Å². The summed E-state index contributed by atoms with van der Waals surface area (Å²) in [5, 5.41) is 8.89. The van der Waals surface area contributed by atoms with E-state index in [0.717, 1.165) is 38.5 Å². The Balaban J connectivity index is 4.20. The first kappa shape index (κ1) is 54.5. The predicted molar refractivity (Wildman–Crippen MR) is 227 cm³/mol. The maximum absolute atomic E-state index is 12.6. The molecule has 0 aliphatic rings. The van der Waals surface area contributed by atoms with Crippen LogP contribution in [0.5, 0.6) is 0 Å². The van der Waals surface area contributed by atoms with Gasteiger partial charge >= 0.3 is 25.7 Å². The van der Waals surface area contributed by atoms with Gasteiger partial charge in [0, 0.05) is 12.8 Å². The number of phosphoric ester groups is 1. The van der Waals surface area contributed by atoms with Crippen LogP contribution in [-0.2, 0) is 37.5 Å². The van der Waals surface area contributed by atoms with Gasteiger partial charge in [0.15, 0.2) is 6.10 Å². The Kier molecular flexibility index (Phi) is 39.2. The highest BCUT2D eigenvalue weighted by Gasteiger charge is 2.28. The Labute approximate surface area is 342 Å². The maximum atomic E-state index is 12.6. The third-order valence-corrected chi connectivity index (χ3v) is 11.3. The number of carbonyl (C=O) groups is 3. The number of phosphoric acid groups is 1. The summed E-state index contributed by atoms with van der Waals surface area (Å²) in [5.41, 5.74) is 5.33. The third-order valence-electron chi connectivity index (χ3n) is 10.4. The molecule has 0 aliphatic heterocycles. The van der Waals surface area contributed by atoms with Crippen LogP contribution >= 0.6 is 7.82 Å². The largest absolute Gasteiger partial charge is 0.480 e. The highest BCUT2D eigenvalue weighted by Crippen LogP contribution is 2.43. The summed E-state index contributed by atoms with van der Waals surface area (Å²) in [7, 11) is -4.71. The minimum atomic E-state index is -4.71. The van der Waals surface area contributed by atoms with E-state index in [1.165, 1.54) is 154 Å². The summed E-state index contributed by atoms with van der Waals surface area (Å²) >= 11 is 0. The molecule has 0 aromatic carbocycles. The van der Waals surface area contributed by atoms with Crippen LogP contribution in [0.2, 0.25) is 0 Å². The lowest BCUT2D eigenvalue weighted by Gasteiger charge is -2.20. The van der Waals surface area contributed by atoms with Gasteiger partial charge in [0.05, 0.1) is 13.2 Å². The van der Waals surface area contributed by atoms with E-state index in [0.29, 0.717) is 12.8 Å². The molecule has 0 spiro atoms. The van der Waals surface area contributed by atoms with Crippen molar-refractivity contribution < 1.29 is 47.5 Å². The number of rotatable bonds is 44. The Hall–Kier alpha value is -1.52. The fraction of sp³-hybridized carbons (Fsp3) is 0.932. The van der Waals surface area contributed by atoms with Crippen molar-refractivity contribution in [3.63, 3.8) is 0 Å². The molecular formula is C44H86NO10P. The molecule has 0 aromatic heterocycles. The van der Waals surface area contributed by atoms with Gasteiger partial charge in [0.2, 0.25) is 0 Å². The predicted octanol–water partition coefficient (Wildman–Crippen LogP) is 12.3. The van der Waals surface area contributed by atoms with E-state index in [9.17, 15) is 23.8 Å². The average Bonchev–Trinajstić information content (AvgIpc) is 3.17. The summed E-state index contributed by atoms with van der Waals surface area (Å²) in [6.07, 6.45) is 38.9. The summed E-state index contributed by atoms with van der Waals surface area (Å²) in [4.78, 5) is 45.9. The van der Waals surface area contributed by atoms with Gasteiger partial charge in [0.1, 0.15) is 12.6 Å². The van der Waals surface area contributed by atoms with Crippen molar-refractivity contribution in [2.24, 2.45) is 5.73 Å². The number of carboxylic acid groups (broad SMARTS) is 1. The van der Waals surface area contributed by atoms with Crippen LogP contribution in [0.4, 0.5) is 0 Å². The number of hydrogen-bond acceptors (Lipinski definition) is 9. The second-order valence-corrected chi connectivity index (χ2v) is 17.4. The molecule has 0 heterocycles. The summed E-state index contributed by atoms with van der Waals surface area (Å²) in [6, 6.07) is -1.52. The highest BCUT2D eigenvalue weighted by atomic mass is 31.2. The first-order valence-corrected chi connectivity index (χ1v) is 24.6. The van der Waals surface area contributed by atoms with Crippen molar-refractivity contribution in [1.29, 1.82) is 0 Å². The zero-order chi connectivity index (χ0) is 41.4. The normalized spacial score (nSPS) is 13.6. The van der Waals surface area contributed by atoms with Gasteiger partial charge in [-0.2, -0.15) is 0 Å². The standard InChI is InChI=1S/C44H86NO10P/c1-3-5-7-9-11-13-15-16-17-18-19-20-21-22-23-24-26-28-30-32-34-36-43(47)55-40(38-53-56(50,51)54-39-41(45)44(48)49)37-52-42(46)35-33-31-29-27-25-14-12-10-8-6-4-2/h40-41H,3-39,45H2,1-2H3,(H,48,49)(H,50,51). The van der Waals surface area contributed by atoms with Crippen molar-refractivity contribution >= 4 is 25.7 Å². The van der Waals surface area contributed by atoms with Gasteiger partial charge in [-0.1, -0.05) is 206 Å². The number of esters is 2. The number of ether oxygens (including phenoxy) is 2. The Morgan fingerprint density at radius 2 is 0.786 bits per heavy atom. The van der Waals surface area contributed by atoms with Crippen LogP contribution in [0.1, 0.15) is 232 Å². The smallest absolute Gasteiger partial charge is 0.472 e. The van der Waals surface area contributed by atoms with Crippen LogP contribution in [-0.4, -0.2) is 59.9 Å². The molecule has 332 valence electrons. The van der Waals surface area contributed by atoms with Crippen LogP contribution in [0.25, 0.3) is 0 Å². The topological polar surface area (TPSA) is 172 Å². The second kappa shape index (κ2) is 40.3. The molecule has 11 nitrogen and oxygen atoms in total. The van der Waals surface area contributed by atoms with E-state index in [4.69, 9.17) is 24.8 Å². The molecule has 0 saturated heterocycles. The lowest BCUT2D eigenvalue weighted by atomic mass is 10.0. The SMILES string of the molecule is CCCCCCCCCCCCCCCCCCCCCCCC(=O)OC(COC(=O)CCCCCCCCCCCCC)COP(=O)(O)OCC(N)C(=O)O. The summed E-state index contributed by atoms with van der Waals surface area (Å²) < 4.78 is 32.7. The zero-order valence-electron chi connectivity index (χ0n) is 36.0. The van der Waals surface area contributed by atoms with E-state index in [1.807, 2.05) is 0 Å². The van der Waals surface area contributed by atoms with E-state index in [1.54, 1.807) is 0 Å². The van der Waals surface area contributed by atoms with Crippen molar-refractivity contribution in [3.05, 3.63) is 0 Å². The molecular weight excluding hydrogens is 733 g/mol. The zero-order valence-corrected chi connectivity index (χ0v) is 36.9. The molecule has 3 atom stereocenters. The third kappa shape index (κ3) is 39.3. The minimum absolute atomic E-state index is 0.170. The summed E-state index contributed by atoms with van der Waals surface area (Å²) in [6.45, 7) is 2.83. The molecule has 0 radical (unpaired) electrons. The van der Waals surface area contributed by atoms with Crippen LogP contribution in [0.15, 0.2) is 0 Å². The number of hydrogen-bond donors (Lipinski definition) is 3. The van der Waals surface area contributed by atoms with Gasteiger partial charge in [-0.3, -0.25) is 23.4 Å². The molecule has 4 N–H and O–H groups in total. The molecule has 0 amide bonds. The number of carboxylic acids is 1. The van der Waals surface area contributed by atoms with E-state index < -0.39 is 51.1 Å². The number of aliphatic carboxylic acids is 1. The summed E-state index contributed by atoms with van der Waals surface area (Å²) in [5.74, 6) is -2.36.